The lowest BCUT2D eigenvalue weighted by atomic mass is 10.1. The fourth-order valence-electron chi connectivity index (χ4n) is 2.07. The average Bonchev–Trinajstić information content (AvgIpc) is 2.39. The number of hydrogen-bond acceptors (Lipinski definition) is 4. The van der Waals surface area contributed by atoms with E-state index in [1.807, 2.05) is 12.1 Å². The third kappa shape index (κ3) is 2.84. The molecular weight excluding hydrogens is 218 g/mol. The lowest BCUT2D eigenvalue weighted by Gasteiger charge is -2.27. The van der Waals surface area contributed by atoms with Gasteiger partial charge in [0.25, 0.3) is 0 Å². The van der Waals surface area contributed by atoms with E-state index in [9.17, 15) is 4.79 Å². The number of benzene rings is 1. The summed E-state index contributed by atoms with van der Waals surface area (Å²) in [5.41, 5.74) is 1.66. The van der Waals surface area contributed by atoms with E-state index in [0.29, 0.717) is 11.3 Å². The first kappa shape index (κ1) is 12.1. The van der Waals surface area contributed by atoms with Crippen LogP contribution in [0.3, 0.4) is 0 Å². The topological polar surface area (TPSA) is 38.8 Å². The molecule has 0 aromatic heterocycles. The number of rotatable bonds is 4. The van der Waals surface area contributed by atoms with Crippen molar-refractivity contribution in [1.29, 1.82) is 0 Å². The summed E-state index contributed by atoms with van der Waals surface area (Å²) in [6.07, 6.45) is 0.835. The fourth-order valence-corrected chi connectivity index (χ4v) is 2.07. The first-order valence-electron chi connectivity index (χ1n) is 5.76. The van der Waals surface area contributed by atoms with Crippen LogP contribution in [0, 0.1) is 0 Å². The number of morpholine rings is 1. The molecule has 0 saturated carbocycles. The summed E-state index contributed by atoms with van der Waals surface area (Å²) in [6.45, 7) is 4.20. The van der Waals surface area contributed by atoms with Crippen LogP contribution in [-0.2, 0) is 11.3 Å². The van der Waals surface area contributed by atoms with Crippen molar-refractivity contribution >= 4 is 6.29 Å². The second-order valence-corrected chi connectivity index (χ2v) is 4.05. The number of carbonyl (C=O) groups is 1. The van der Waals surface area contributed by atoms with E-state index in [2.05, 4.69) is 4.90 Å². The van der Waals surface area contributed by atoms with Gasteiger partial charge in [-0.15, -0.1) is 0 Å². The second-order valence-electron chi connectivity index (χ2n) is 4.05. The number of methoxy groups -OCH3 is 1. The highest BCUT2D eigenvalue weighted by Crippen LogP contribution is 2.24. The lowest BCUT2D eigenvalue weighted by Crippen LogP contribution is -2.35. The van der Waals surface area contributed by atoms with Gasteiger partial charge in [-0.3, -0.25) is 9.69 Å². The van der Waals surface area contributed by atoms with Gasteiger partial charge in [0.2, 0.25) is 0 Å². The zero-order valence-electron chi connectivity index (χ0n) is 10.0. The number of aldehydes is 1. The molecule has 0 amide bonds. The SMILES string of the molecule is COc1c(C=O)cccc1CN1CCOCC1. The van der Waals surface area contributed by atoms with Crippen LogP contribution in [-0.4, -0.2) is 44.6 Å². The van der Waals surface area contributed by atoms with Crippen LogP contribution < -0.4 is 4.74 Å². The highest BCUT2D eigenvalue weighted by atomic mass is 16.5. The zero-order valence-corrected chi connectivity index (χ0v) is 10.0. The molecule has 1 aromatic carbocycles. The molecule has 0 unspecified atom stereocenters. The van der Waals surface area contributed by atoms with Crippen molar-refractivity contribution in [3.05, 3.63) is 29.3 Å². The summed E-state index contributed by atoms with van der Waals surface area (Å²) in [5.74, 6) is 0.689. The van der Waals surface area contributed by atoms with Crippen LogP contribution in [0.15, 0.2) is 18.2 Å². The number of para-hydroxylation sites is 1. The summed E-state index contributed by atoms with van der Waals surface area (Å²) in [6, 6.07) is 5.66. The minimum atomic E-state index is 0.609. The molecule has 0 aliphatic carbocycles. The summed E-state index contributed by atoms with van der Waals surface area (Å²) >= 11 is 0. The summed E-state index contributed by atoms with van der Waals surface area (Å²) in [4.78, 5) is 13.2. The quantitative estimate of drug-likeness (QED) is 0.738. The molecule has 4 nitrogen and oxygen atoms in total. The Labute approximate surface area is 101 Å². The molecule has 1 heterocycles. The maximum absolute atomic E-state index is 10.9. The molecular formula is C13H17NO3. The van der Waals surface area contributed by atoms with Crippen LogP contribution >= 0.6 is 0 Å². The lowest BCUT2D eigenvalue weighted by molar-refractivity contribution is 0.0338. The Morgan fingerprint density at radius 2 is 2.18 bits per heavy atom. The molecule has 1 aliphatic rings. The van der Waals surface area contributed by atoms with Gasteiger partial charge in [-0.05, 0) is 6.07 Å². The second kappa shape index (κ2) is 5.80. The maximum atomic E-state index is 10.9. The minimum Gasteiger partial charge on any atom is -0.496 e. The van der Waals surface area contributed by atoms with Gasteiger partial charge in [-0.2, -0.15) is 0 Å². The van der Waals surface area contributed by atoms with Gasteiger partial charge in [0.15, 0.2) is 6.29 Å². The highest BCUT2D eigenvalue weighted by molar-refractivity contribution is 5.80. The number of hydrogen-bond donors (Lipinski definition) is 0. The largest absolute Gasteiger partial charge is 0.496 e. The molecule has 0 bridgehead atoms. The average molecular weight is 235 g/mol. The van der Waals surface area contributed by atoms with Crippen LogP contribution in [0.1, 0.15) is 15.9 Å². The molecule has 0 radical (unpaired) electrons. The number of nitrogens with zero attached hydrogens (tertiary/aromatic N) is 1. The van der Waals surface area contributed by atoms with Crippen LogP contribution in [0.2, 0.25) is 0 Å². The highest BCUT2D eigenvalue weighted by Gasteiger charge is 2.14. The van der Waals surface area contributed by atoms with E-state index in [-0.39, 0.29) is 0 Å². The van der Waals surface area contributed by atoms with Crippen molar-refractivity contribution in [2.75, 3.05) is 33.4 Å². The molecule has 4 heteroatoms. The summed E-state index contributed by atoms with van der Waals surface area (Å²) < 4.78 is 10.6. The van der Waals surface area contributed by atoms with E-state index in [1.165, 1.54) is 0 Å². The summed E-state index contributed by atoms with van der Waals surface area (Å²) in [7, 11) is 1.60. The Balaban J connectivity index is 2.16. The van der Waals surface area contributed by atoms with Gasteiger partial charge in [-0.1, -0.05) is 12.1 Å². The molecule has 1 aliphatic heterocycles. The Bertz CT molecular complexity index is 386. The van der Waals surface area contributed by atoms with Gasteiger partial charge in [0, 0.05) is 25.2 Å². The molecule has 1 aromatic rings. The van der Waals surface area contributed by atoms with E-state index in [0.717, 1.165) is 44.7 Å². The number of ether oxygens (including phenoxy) is 2. The molecule has 0 N–H and O–H groups in total. The Morgan fingerprint density at radius 3 is 2.82 bits per heavy atom. The zero-order chi connectivity index (χ0) is 12.1. The molecule has 2 rings (SSSR count). The Kier molecular flexibility index (Phi) is 4.12. The van der Waals surface area contributed by atoms with E-state index < -0.39 is 0 Å². The molecule has 0 spiro atoms. The van der Waals surface area contributed by atoms with E-state index >= 15 is 0 Å². The summed E-state index contributed by atoms with van der Waals surface area (Å²) in [5, 5.41) is 0. The van der Waals surface area contributed by atoms with Crippen LogP contribution in [0.25, 0.3) is 0 Å². The third-order valence-electron chi connectivity index (χ3n) is 2.96. The van der Waals surface area contributed by atoms with Crippen molar-refractivity contribution < 1.29 is 14.3 Å². The Hall–Kier alpha value is -1.39. The first-order chi connectivity index (χ1) is 8.35. The predicted octanol–water partition coefficient (Wildman–Crippen LogP) is 1.34. The molecule has 1 saturated heterocycles. The van der Waals surface area contributed by atoms with Gasteiger partial charge in [0.05, 0.1) is 25.9 Å². The predicted molar refractivity (Wildman–Crippen MR) is 64.5 cm³/mol. The van der Waals surface area contributed by atoms with Crippen molar-refractivity contribution in [3.63, 3.8) is 0 Å². The van der Waals surface area contributed by atoms with Crippen molar-refractivity contribution in [3.8, 4) is 5.75 Å². The van der Waals surface area contributed by atoms with Crippen molar-refractivity contribution in [1.82, 2.24) is 4.90 Å². The van der Waals surface area contributed by atoms with E-state index in [1.54, 1.807) is 13.2 Å². The molecule has 92 valence electrons. The third-order valence-corrected chi connectivity index (χ3v) is 2.96. The fraction of sp³-hybridized carbons (Fsp3) is 0.462. The van der Waals surface area contributed by atoms with Crippen molar-refractivity contribution in [2.45, 2.75) is 6.54 Å². The maximum Gasteiger partial charge on any atom is 0.153 e. The molecule has 1 fully saturated rings. The standard InChI is InChI=1S/C13H17NO3/c1-16-13-11(3-2-4-12(13)10-15)9-14-5-7-17-8-6-14/h2-4,10H,5-9H2,1H3. The van der Waals surface area contributed by atoms with Crippen LogP contribution in [0.5, 0.6) is 5.75 Å². The van der Waals surface area contributed by atoms with Gasteiger partial charge in [0.1, 0.15) is 5.75 Å². The van der Waals surface area contributed by atoms with Gasteiger partial charge in [-0.25, -0.2) is 0 Å². The first-order valence-corrected chi connectivity index (χ1v) is 5.76. The van der Waals surface area contributed by atoms with Crippen LogP contribution in [0.4, 0.5) is 0 Å². The minimum absolute atomic E-state index is 0.609. The van der Waals surface area contributed by atoms with Crippen molar-refractivity contribution in [2.24, 2.45) is 0 Å². The molecule has 0 atom stereocenters. The van der Waals surface area contributed by atoms with Gasteiger partial charge >= 0.3 is 0 Å². The molecule has 17 heavy (non-hydrogen) atoms. The Morgan fingerprint density at radius 1 is 1.41 bits per heavy atom. The van der Waals surface area contributed by atoms with Gasteiger partial charge < -0.3 is 9.47 Å². The number of carbonyl (C=O) groups excluding carboxylic acids is 1. The van der Waals surface area contributed by atoms with E-state index in [4.69, 9.17) is 9.47 Å². The normalized spacial score (nSPS) is 16.8. The monoisotopic (exact) mass is 235 g/mol. The smallest absolute Gasteiger partial charge is 0.153 e.